The maximum atomic E-state index is 12.5. The molecule has 3 rings (SSSR count). The largest absolute Gasteiger partial charge is 0.495 e. The van der Waals surface area contributed by atoms with Crippen molar-refractivity contribution in [3.63, 3.8) is 0 Å². The molecule has 0 saturated carbocycles. The zero-order valence-corrected chi connectivity index (χ0v) is 15.5. The van der Waals surface area contributed by atoms with Crippen LogP contribution in [-0.4, -0.2) is 27.8 Å². The summed E-state index contributed by atoms with van der Waals surface area (Å²) in [5.74, 6) is 0.0846. The minimum atomic E-state index is -0.851. The van der Waals surface area contributed by atoms with Crippen molar-refractivity contribution in [2.45, 2.75) is 13.0 Å². The Morgan fingerprint density at radius 3 is 2.59 bits per heavy atom. The van der Waals surface area contributed by atoms with E-state index in [4.69, 9.17) is 16.3 Å². The number of halogens is 1. The lowest BCUT2D eigenvalue weighted by Gasteiger charge is -2.14. The molecule has 8 heteroatoms. The number of anilines is 1. The van der Waals surface area contributed by atoms with E-state index in [1.54, 1.807) is 25.1 Å². The van der Waals surface area contributed by atoms with Gasteiger partial charge in [-0.15, -0.1) is 0 Å². The van der Waals surface area contributed by atoms with E-state index in [0.717, 1.165) is 10.2 Å². The zero-order chi connectivity index (χ0) is 19.4. The number of rotatable bonds is 5. The molecule has 1 N–H and O–H groups in total. The summed E-state index contributed by atoms with van der Waals surface area (Å²) in [6, 6.07) is 13.2. The summed E-state index contributed by atoms with van der Waals surface area (Å²) in [5, 5.41) is 7.16. The van der Waals surface area contributed by atoms with Gasteiger partial charge >= 0.3 is 5.69 Å². The van der Waals surface area contributed by atoms with Crippen LogP contribution in [0, 0.1) is 0 Å². The highest BCUT2D eigenvalue weighted by molar-refractivity contribution is 6.32. The molecular weight excluding hydrogens is 368 g/mol. The molecule has 1 heterocycles. The number of hydrogen-bond acceptors (Lipinski definition) is 5. The number of ether oxygens (including phenoxy) is 1. The molecule has 7 nitrogen and oxygen atoms in total. The number of amides is 1. The van der Waals surface area contributed by atoms with Crippen LogP contribution in [0.3, 0.4) is 0 Å². The van der Waals surface area contributed by atoms with E-state index < -0.39 is 17.6 Å². The fourth-order valence-corrected chi connectivity index (χ4v) is 2.72. The van der Waals surface area contributed by atoms with E-state index in [2.05, 4.69) is 15.4 Å². The predicted octanol–water partition coefficient (Wildman–Crippen LogP) is 3.17. The first-order valence-electron chi connectivity index (χ1n) is 8.15. The molecule has 0 radical (unpaired) electrons. The molecule has 138 valence electrons. The normalized spacial score (nSPS) is 11.7. The van der Waals surface area contributed by atoms with Crippen molar-refractivity contribution in [3.05, 3.63) is 70.2 Å². The third-order valence-corrected chi connectivity index (χ3v) is 4.25. The Labute approximate surface area is 160 Å². The second-order valence-electron chi connectivity index (χ2n) is 5.75. The van der Waals surface area contributed by atoms with Gasteiger partial charge in [0.2, 0.25) is 5.91 Å². The molecular formula is C19H17ClN4O3. The van der Waals surface area contributed by atoms with Crippen LogP contribution in [-0.2, 0) is 4.79 Å². The van der Waals surface area contributed by atoms with E-state index >= 15 is 0 Å². The predicted molar refractivity (Wildman–Crippen MR) is 103 cm³/mol. The van der Waals surface area contributed by atoms with Gasteiger partial charge in [0.1, 0.15) is 11.8 Å². The number of carbonyl (C=O) groups is 1. The molecule has 0 aliphatic rings. The van der Waals surface area contributed by atoms with Gasteiger partial charge < -0.3 is 10.1 Å². The van der Waals surface area contributed by atoms with Crippen molar-refractivity contribution in [1.82, 2.24) is 14.8 Å². The molecule has 0 bridgehead atoms. The number of carbonyl (C=O) groups excluding carboxylic acids is 1. The first kappa shape index (κ1) is 18.6. The van der Waals surface area contributed by atoms with Gasteiger partial charge in [0.15, 0.2) is 0 Å². The van der Waals surface area contributed by atoms with E-state index in [-0.39, 0.29) is 0 Å². The smallest absolute Gasteiger partial charge is 0.365 e. The number of nitrogens with one attached hydrogen (secondary N) is 1. The highest BCUT2D eigenvalue weighted by Gasteiger charge is 2.19. The van der Waals surface area contributed by atoms with E-state index in [0.29, 0.717) is 22.2 Å². The molecule has 0 spiro atoms. The minimum Gasteiger partial charge on any atom is -0.495 e. The van der Waals surface area contributed by atoms with Gasteiger partial charge in [-0.1, -0.05) is 41.9 Å². The highest BCUT2D eigenvalue weighted by Crippen LogP contribution is 2.27. The maximum Gasteiger partial charge on any atom is 0.365 e. The SMILES string of the molecule is COc1ccc(NC(=O)C(C)n2ncc(-c3ccccc3)nc2=O)cc1Cl. The summed E-state index contributed by atoms with van der Waals surface area (Å²) in [5.41, 5.74) is 1.11. The summed E-state index contributed by atoms with van der Waals surface area (Å²) >= 11 is 6.06. The molecule has 3 aromatic rings. The van der Waals surface area contributed by atoms with Gasteiger partial charge in [-0.2, -0.15) is 10.1 Å². The fraction of sp³-hybridized carbons (Fsp3) is 0.158. The molecule has 0 aliphatic heterocycles. The third-order valence-electron chi connectivity index (χ3n) is 3.95. The zero-order valence-electron chi connectivity index (χ0n) is 14.7. The number of aromatic nitrogens is 3. The van der Waals surface area contributed by atoms with E-state index in [1.165, 1.54) is 13.3 Å². The van der Waals surface area contributed by atoms with Crippen molar-refractivity contribution in [3.8, 4) is 17.0 Å². The highest BCUT2D eigenvalue weighted by atomic mass is 35.5. The van der Waals surface area contributed by atoms with Gasteiger partial charge in [-0.3, -0.25) is 4.79 Å². The van der Waals surface area contributed by atoms with Crippen molar-refractivity contribution in [2.24, 2.45) is 0 Å². The lowest BCUT2D eigenvalue weighted by Crippen LogP contribution is -2.34. The summed E-state index contributed by atoms with van der Waals surface area (Å²) in [4.78, 5) is 28.8. The van der Waals surface area contributed by atoms with Crippen LogP contribution in [0.2, 0.25) is 5.02 Å². The Hall–Kier alpha value is -3.19. The fourth-order valence-electron chi connectivity index (χ4n) is 2.46. The second-order valence-corrected chi connectivity index (χ2v) is 6.16. The molecule has 1 unspecified atom stereocenters. The van der Waals surface area contributed by atoms with Crippen LogP contribution in [0.4, 0.5) is 5.69 Å². The molecule has 0 saturated heterocycles. The second kappa shape index (κ2) is 8.01. The average Bonchev–Trinajstić information content (AvgIpc) is 2.68. The lowest BCUT2D eigenvalue weighted by atomic mass is 10.2. The summed E-state index contributed by atoms with van der Waals surface area (Å²) in [6.07, 6.45) is 1.46. The molecule has 0 fully saturated rings. The first-order chi connectivity index (χ1) is 13.0. The molecule has 1 amide bonds. The molecule has 1 atom stereocenters. The number of benzene rings is 2. The minimum absolute atomic E-state index is 0.368. The summed E-state index contributed by atoms with van der Waals surface area (Å²) < 4.78 is 6.11. The van der Waals surface area contributed by atoms with Crippen molar-refractivity contribution in [1.29, 1.82) is 0 Å². The Balaban J connectivity index is 1.79. The Morgan fingerprint density at radius 2 is 1.96 bits per heavy atom. The standard InChI is InChI=1S/C19H17ClN4O3/c1-12(18(25)22-14-8-9-17(27-2)15(20)10-14)24-19(26)23-16(11-21-24)13-6-4-3-5-7-13/h3-12H,1-2H3,(H,22,25). The monoisotopic (exact) mass is 384 g/mol. The average molecular weight is 385 g/mol. The van der Waals surface area contributed by atoms with Crippen molar-refractivity contribution in [2.75, 3.05) is 12.4 Å². The third kappa shape index (κ3) is 4.15. The number of methoxy groups -OCH3 is 1. The van der Waals surface area contributed by atoms with Gasteiger partial charge in [0.25, 0.3) is 0 Å². The first-order valence-corrected chi connectivity index (χ1v) is 8.53. The molecule has 1 aromatic heterocycles. The molecule has 2 aromatic carbocycles. The quantitative estimate of drug-likeness (QED) is 0.730. The van der Waals surface area contributed by atoms with Gasteiger partial charge in [0.05, 0.1) is 24.0 Å². The topological polar surface area (TPSA) is 86.1 Å². The summed E-state index contributed by atoms with van der Waals surface area (Å²) in [7, 11) is 1.51. The summed E-state index contributed by atoms with van der Waals surface area (Å²) in [6.45, 7) is 1.57. The van der Waals surface area contributed by atoms with Crippen LogP contribution in [0.15, 0.2) is 59.5 Å². The molecule has 27 heavy (non-hydrogen) atoms. The van der Waals surface area contributed by atoms with Gasteiger partial charge in [0, 0.05) is 11.3 Å². The Morgan fingerprint density at radius 1 is 1.22 bits per heavy atom. The van der Waals surface area contributed by atoms with Gasteiger partial charge in [-0.25, -0.2) is 9.48 Å². The van der Waals surface area contributed by atoms with E-state index in [9.17, 15) is 9.59 Å². The van der Waals surface area contributed by atoms with Gasteiger partial charge in [-0.05, 0) is 25.1 Å². The van der Waals surface area contributed by atoms with Crippen LogP contribution in [0.25, 0.3) is 11.3 Å². The number of nitrogens with zero attached hydrogens (tertiary/aromatic N) is 3. The van der Waals surface area contributed by atoms with Crippen LogP contribution >= 0.6 is 11.6 Å². The van der Waals surface area contributed by atoms with E-state index in [1.807, 2.05) is 30.3 Å². The van der Waals surface area contributed by atoms with Crippen molar-refractivity contribution < 1.29 is 9.53 Å². The van der Waals surface area contributed by atoms with Crippen molar-refractivity contribution >= 4 is 23.2 Å². The Kier molecular flexibility index (Phi) is 5.52. The Bertz CT molecular complexity index is 1020. The van der Waals surface area contributed by atoms with Crippen LogP contribution < -0.4 is 15.7 Å². The molecule has 0 aliphatic carbocycles. The maximum absolute atomic E-state index is 12.5. The van der Waals surface area contributed by atoms with Crippen LogP contribution in [0.5, 0.6) is 5.75 Å². The number of hydrogen-bond donors (Lipinski definition) is 1. The van der Waals surface area contributed by atoms with Crippen LogP contribution in [0.1, 0.15) is 13.0 Å². The lowest BCUT2D eigenvalue weighted by molar-refractivity contribution is -0.119.